The molecular weight excluding hydrogens is 466 g/mol. The number of non-ortho nitro benzene ring substituents is 1. The second-order valence-corrected chi connectivity index (χ2v) is 7.72. The highest BCUT2D eigenvalue weighted by Gasteiger charge is 2.30. The van der Waals surface area contributed by atoms with Gasteiger partial charge < -0.3 is 9.84 Å². The van der Waals surface area contributed by atoms with E-state index in [0.29, 0.717) is 18.2 Å². The molecule has 1 atom stereocenters. The van der Waals surface area contributed by atoms with Gasteiger partial charge in [0.25, 0.3) is 11.4 Å². The van der Waals surface area contributed by atoms with Crippen molar-refractivity contribution in [3.05, 3.63) is 66.7 Å². The van der Waals surface area contributed by atoms with E-state index in [2.05, 4.69) is 28.2 Å². The highest BCUT2D eigenvalue weighted by molar-refractivity contribution is 5.73. The lowest BCUT2D eigenvalue weighted by atomic mass is 10.2. The molecule has 3 aromatic rings. The molecule has 0 aliphatic carbocycles. The Morgan fingerprint density at radius 2 is 1.63 bits per heavy atom. The molecule has 1 aromatic heterocycles. The fourth-order valence-electron chi connectivity index (χ4n) is 3.50. The van der Waals surface area contributed by atoms with E-state index in [9.17, 15) is 30.3 Å². The number of fused-ring (bicyclic) bond motifs is 1. The van der Waals surface area contributed by atoms with Gasteiger partial charge in [0.1, 0.15) is 5.52 Å². The number of aromatic nitrogens is 3. The average Bonchev–Trinajstić information content (AvgIpc) is 3.27. The molecule has 0 bridgehead atoms. The second kappa shape index (κ2) is 11.3. The summed E-state index contributed by atoms with van der Waals surface area (Å²) in [6, 6.07) is 9.39. The summed E-state index contributed by atoms with van der Waals surface area (Å²) in [5, 5.41) is 48.7. The highest BCUT2D eigenvalue weighted by Crippen LogP contribution is 2.38. The number of para-hydroxylation sites is 1. The first-order valence-electron chi connectivity index (χ1n) is 10.6. The van der Waals surface area contributed by atoms with Gasteiger partial charge in [0.2, 0.25) is 0 Å². The Balaban J connectivity index is 0.000000199. The van der Waals surface area contributed by atoms with Crippen LogP contribution in [-0.2, 0) is 4.74 Å². The highest BCUT2D eigenvalue weighted by atomic mass is 16.6. The summed E-state index contributed by atoms with van der Waals surface area (Å²) in [5.74, 6) is -1.21. The molecule has 2 aromatic carbocycles. The maximum atomic E-state index is 10.4. The summed E-state index contributed by atoms with van der Waals surface area (Å²) < 4.78 is 7.40. The van der Waals surface area contributed by atoms with Gasteiger partial charge in [-0.15, -0.1) is 5.10 Å². The van der Waals surface area contributed by atoms with Gasteiger partial charge in [-0.05, 0) is 25.5 Å². The van der Waals surface area contributed by atoms with Crippen LogP contribution in [0.15, 0.2) is 36.4 Å². The molecule has 1 aliphatic rings. The number of phenolic OH excluding ortho intramolecular Hbond substituents is 1. The molecule has 0 amide bonds. The van der Waals surface area contributed by atoms with Crippen LogP contribution in [0.2, 0.25) is 0 Å². The monoisotopic (exact) mass is 489 g/mol. The van der Waals surface area contributed by atoms with Crippen molar-refractivity contribution in [2.75, 3.05) is 32.8 Å². The topological polar surface area (TPSA) is 193 Å². The third-order valence-electron chi connectivity index (χ3n) is 5.42. The van der Waals surface area contributed by atoms with Crippen LogP contribution in [0.25, 0.3) is 11.0 Å². The van der Waals surface area contributed by atoms with Gasteiger partial charge in [-0.25, -0.2) is 4.68 Å². The first-order chi connectivity index (χ1) is 16.7. The number of aromatic hydroxyl groups is 1. The number of nitrogens with zero attached hydrogens (tertiary/aromatic N) is 7. The minimum absolute atomic E-state index is 0.371. The fraction of sp³-hybridized carbons (Fsp3) is 0.400. The number of nitro benzene ring substituents is 3. The summed E-state index contributed by atoms with van der Waals surface area (Å²) in [7, 11) is 0. The van der Waals surface area contributed by atoms with E-state index in [1.54, 1.807) is 0 Å². The molecule has 2 heterocycles. The largest absolute Gasteiger partial charge is 0.497 e. The number of morpholine rings is 1. The van der Waals surface area contributed by atoms with E-state index in [-0.39, 0.29) is 0 Å². The predicted molar refractivity (Wildman–Crippen MR) is 122 cm³/mol. The van der Waals surface area contributed by atoms with Crippen LogP contribution in [0.1, 0.15) is 19.4 Å². The Bertz CT molecular complexity index is 1190. The van der Waals surface area contributed by atoms with E-state index in [4.69, 9.17) is 9.84 Å². The molecule has 0 spiro atoms. The van der Waals surface area contributed by atoms with Crippen LogP contribution in [0.5, 0.6) is 5.75 Å². The zero-order valence-electron chi connectivity index (χ0n) is 18.7. The van der Waals surface area contributed by atoms with Crippen LogP contribution in [0, 0.1) is 30.3 Å². The standard InChI is InChI=1S/C14H20N4O.C6H3N3O7/c1-12(6-7-17-8-10-19-11-9-17)18-14-5-3-2-4-13(14)15-16-18;10-6-4(8(13)14)1-3(7(11)12)2-5(6)9(15)16/h2-5,12H,6-11H2,1H3;1-2,10H. The fourth-order valence-corrected chi connectivity index (χ4v) is 3.50. The SMILES string of the molecule is CC(CCN1CCOCC1)n1nnc2ccccc21.O=[N+]([O-])c1cc([N+](=O)[O-])c(O)c([N+](=O)[O-])c1. The van der Waals surface area contributed by atoms with Gasteiger partial charge in [0.15, 0.2) is 0 Å². The Morgan fingerprint density at radius 1 is 1.03 bits per heavy atom. The van der Waals surface area contributed by atoms with Crippen molar-refractivity contribution in [1.82, 2.24) is 19.9 Å². The quantitative estimate of drug-likeness (QED) is 0.379. The number of nitro groups is 3. The molecule has 4 rings (SSSR count). The maximum Gasteiger partial charge on any atom is 0.324 e. The maximum absolute atomic E-state index is 10.4. The smallest absolute Gasteiger partial charge is 0.324 e. The molecule has 35 heavy (non-hydrogen) atoms. The molecule has 1 saturated heterocycles. The van der Waals surface area contributed by atoms with Crippen LogP contribution in [0.3, 0.4) is 0 Å². The van der Waals surface area contributed by atoms with Crippen LogP contribution in [0.4, 0.5) is 17.1 Å². The van der Waals surface area contributed by atoms with Gasteiger partial charge in [0, 0.05) is 19.6 Å². The lowest BCUT2D eigenvalue weighted by Gasteiger charge is -2.27. The molecule has 1 aliphatic heterocycles. The van der Waals surface area contributed by atoms with Crippen molar-refractivity contribution in [2.24, 2.45) is 0 Å². The lowest BCUT2D eigenvalue weighted by Crippen LogP contribution is -2.37. The number of ether oxygens (including phenoxy) is 1. The Labute approximate surface area is 198 Å². The van der Waals surface area contributed by atoms with Crippen LogP contribution < -0.4 is 0 Å². The van der Waals surface area contributed by atoms with Gasteiger partial charge in [-0.2, -0.15) is 0 Å². The molecule has 1 unspecified atom stereocenters. The third-order valence-corrected chi connectivity index (χ3v) is 5.42. The minimum atomic E-state index is -1.21. The van der Waals surface area contributed by atoms with E-state index in [0.717, 1.165) is 50.3 Å². The first-order valence-corrected chi connectivity index (χ1v) is 10.6. The molecule has 0 radical (unpaired) electrons. The molecule has 15 nitrogen and oxygen atoms in total. The summed E-state index contributed by atoms with van der Waals surface area (Å²) in [4.78, 5) is 30.2. The molecule has 0 saturated carbocycles. The predicted octanol–water partition coefficient (Wildman–Crippen LogP) is 2.83. The van der Waals surface area contributed by atoms with Crippen LogP contribution in [-0.4, -0.2) is 72.6 Å². The van der Waals surface area contributed by atoms with Crippen molar-refractivity contribution in [3.63, 3.8) is 0 Å². The average molecular weight is 489 g/mol. The van der Waals surface area contributed by atoms with Gasteiger partial charge in [-0.3, -0.25) is 35.2 Å². The van der Waals surface area contributed by atoms with Crippen molar-refractivity contribution >= 4 is 28.1 Å². The van der Waals surface area contributed by atoms with E-state index < -0.39 is 37.6 Å². The Kier molecular flexibility index (Phi) is 8.17. The lowest BCUT2D eigenvalue weighted by molar-refractivity contribution is -0.404. The summed E-state index contributed by atoms with van der Waals surface area (Å²) in [5.41, 5.74) is -0.907. The number of hydrogen-bond acceptors (Lipinski definition) is 11. The summed E-state index contributed by atoms with van der Waals surface area (Å²) >= 11 is 0. The Morgan fingerprint density at radius 3 is 2.20 bits per heavy atom. The van der Waals surface area contributed by atoms with Crippen molar-refractivity contribution in [2.45, 2.75) is 19.4 Å². The molecule has 186 valence electrons. The van der Waals surface area contributed by atoms with Crippen molar-refractivity contribution in [1.29, 1.82) is 0 Å². The van der Waals surface area contributed by atoms with E-state index in [1.165, 1.54) is 0 Å². The minimum Gasteiger partial charge on any atom is -0.497 e. The van der Waals surface area contributed by atoms with Crippen molar-refractivity contribution < 1.29 is 24.6 Å². The van der Waals surface area contributed by atoms with E-state index in [1.807, 2.05) is 22.9 Å². The summed E-state index contributed by atoms with van der Waals surface area (Å²) in [6.45, 7) is 7.12. The van der Waals surface area contributed by atoms with Gasteiger partial charge >= 0.3 is 11.4 Å². The van der Waals surface area contributed by atoms with Gasteiger partial charge in [-0.1, -0.05) is 17.3 Å². The molecule has 15 heteroatoms. The number of rotatable bonds is 7. The molecule has 1 fully saturated rings. The van der Waals surface area contributed by atoms with Crippen molar-refractivity contribution in [3.8, 4) is 5.75 Å². The zero-order chi connectivity index (χ0) is 25.5. The first kappa shape index (κ1) is 25.4. The van der Waals surface area contributed by atoms with Gasteiger partial charge in [0.05, 0.1) is 51.7 Å². The van der Waals surface area contributed by atoms with Crippen LogP contribution >= 0.6 is 0 Å². The normalized spacial score (nSPS) is 14.7. The molecular formula is C20H23N7O8. The Hall–Kier alpha value is -4.24. The third kappa shape index (κ3) is 6.21. The summed E-state index contributed by atoms with van der Waals surface area (Å²) in [6.07, 6.45) is 1.09. The second-order valence-electron chi connectivity index (χ2n) is 7.72. The zero-order valence-corrected chi connectivity index (χ0v) is 18.7. The number of phenols is 1. The van der Waals surface area contributed by atoms with E-state index >= 15 is 0 Å². The number of hydrogen-bond donors (Lipinski definition) is 1. The molecule has 1 N–H and O–H groups in total. The number of benzene rings is 2.